The van der Waals surface area contributed by atoms with Crippen molar-refractivity contribution in [1.82, 2.24) is 10.2 Å². The molecule has 0 heterocycles. The number of likely N-dealkylation sites (N-methyl/N-ethyl adjacent to an activating group) is 1. The maximum atomic E-state index is 11.7. The highest BCUT2D eigenvalue weighted by atomic mass is 16.2. The lowest BCUT2D eigenvalue weighted by Crippen LogP contribution is -2.40. The van der Waals surface area contributed by atoms with Crippen molar-refractivity contribution >= 4 is 11.8 Å². The summed E-state index contributed by atoms with van der Waals surface area (Å²) in [6.45, 7) is 7.27. The lowest BCUT2D eigenvalue weighted by molar-refractivity contribution is -0.132. The van der Waals surface area contributed by atoms with Gasteiger partial charge in [0.2, 0.25) is 11.8 Å². The van der Waals surface area contributed by atoms with Gasteiger partial charge in [-0.2, -0.15) is 0 Å². The average molecular weight is 262 g/mol. The van der Waals surface area contributed by atoms with Gasteiger partial charge in [-0.05, 0) is 26.3 Å². The Hall–Kier alpha value is -1.84. The molecular formula is C15H22N2O2. The van der Waals surface area contributed by atoms with Crippen molar-refractivity contribution in [2.45, 2.75) is 27.2 Å². The molecule has 0 fully saturated rings. The predicted octanol–water partition coefficient (Wildman–Crippen LogP) is 1.52. The molecular weight excluding hydrogens is 240 g/mol. The highest BCUT2D eigenvalue weighted by molar-refractivity contribution is 5.85. The monoisotopic (exact) mass is 262 g/mol. The third kappa shape index (κ3) is 5.12. The first-order valence-corrected chi connectivity index (χ1v) is 6.66. The predicted molar refractivity (Wildman–Crippen MR) is 75.8 cm³/mol. The van der Waals surface area contributed by atoms with E-state index in [1.165, 1.54) is 5.56 Å². The molecule has 19 heavy (non-hydrogen) atoms. The number of nitrogens with zero attached hydrogens (tertiary/aromatic N) is 1. The molecule has 0 unspecified atom stereocenters. The summed E-state index contributed by atoms with van der Waals surface area (Å²) in [7, 11) is 0. The summed E-state index contributed by atoms with van der Waals surface area (Å²) in [4.78, 5) is 25.1. The molecule has 4 heteroatoms. The van der Waals surface area contributed by atoms with Crippen LogP contribution in [-0.4, -0.2) is 36.3 Å². The first kappa shape index (κ1) is 15.2. The Balaban J connectivity index is 2.39. The van der Waals surface area contributed by atoms with Crippen LogP contribution in [0.5, 0.6) is 0 Å². The Morgan fingerprint density at radius 1 is 1.11 bits per heavy atom. The maximum Gasteiger partial charge on any atom is 0.241 e. The molecule has 1 N–H and O–H groups in total. The number of aryl methyl sites for hydroxylation is 1. The van der Waals surface area contributed by atoms with Gasteiger partial charge in [0.25, 0.3) is 0 Å². The van der Waals surface area contributed by atoms with E-state index >= 15 is 0 Å². The second-order valence-electron chi connectivity index (χ2n) is 4.51. The normalized spacial score (nSPS) is 10.1. The summed E-state index contributed by atoms with van der Waals surface area (Å²) in [6.07, 6.45) is 0.311. The van der Waals surface area contributed by atoms with E-state index in [0.29, 0.717) is 19.5 Å². The fraction of sp³-hybridized carbons (Fsp3) is 0.467. The van der Waals surface area contributed by atoms with Crippen LogP contribution in [0.15, 0.2) is 24.3 Å². The SMILES string of the molecule is CCN(CC)C(=O)CNC(=O)Cc1ccc(C)cc1. The highest BCUT2D eigenvalue weighted by Crippen LogP contribution is 2.03. The van der Waals surface area contributed by atoms with Gasteiger partial charge >= 0.3 is 0 Å². The van der Waals surface area contributed by atoms with E-state index in [2.05, 4.69) is 5.32 Å². The Kier molecular flexibility index (Phi) is 6.06. The highest BCUT2D eigenvalue weighted by Gasteiger charge is 2.11. The lowest BCUT2D eigenvalue weighted by Gasteiger charge is -2.18. The third-order valence-corrected chi connectivity index (χ3v) is 3.04. The molecule has 0 aliphatic carbocycles. The van der Waals surface area contributed by atoms with Crippen LogP contribution in [0.1, 0.15) is 25.0 Å². The first-order chi connectivity index (χ1) is 9.06. The zero-order valence-electron chi connectivity index (χ0n) is 11.9. The lowest BCUT2D eigenvalue weighted by atomic mass is 10.1. The molecule has 1 aromatic carbocycles. The van der Waals surface area contributed by atoms with Crippen molar-refractivity contribution in [2.24, 2.45) is 0 Å². The largest absolute Gasteiger partial charge is 0.347 e. The molecule has 4 nitrogen and oxygen atoms in total. The molecule has 2 amide bonds. The van der Waals surface area contributed by atoms with E-state index in [1.54, 1.807) is 4.90 Å². The number of rotatable bonds is 6. The van der Waals surface area contributed by atoms with Crippen molar-refractivity contribution in [3.05, 3.63) is 35.4 Å². The van der Waals surface area contributed by atoms with Gasteiger partial charge in [0.15, 0.2) is 0 Å². The Morgan fingerprint density at radius 2 is 1.68 bits per heavy atom. The molecule has 0 spiro atoms. The molecule has 0 aliphatic rings. The van der Waals surface area contributed by atoms with E-state index in [9.17, 15) is 9.59 Å². The van der Waals surface area contributed by atoms with Gasteiger partial charge in [-0.3, -0.25) is 9.59 Å². The van der Waals surface area contributed by atoms with Crippen LogP contribution in [-0.2, 0) is 16.0 Å². The van der Waals surface area contributed by atoms with E-state index in [4.69, 9.17) is 0 Å². The summed E-state index contributed by atoms with van der Waals surface area (Å²) < 4.78 is 0. The second-order valence-corrected chi connectivity index (χ2v) is 4.51. The molecule has 0 aromatic heterocycles. The van der Waals surface area contributed by atoms with Crippen LogP contribution in [0.3, 0.4) is 0 Å². The standard InChI is InChI=1S/C15H22N2O2/c1-4-17(5-2)15(19)11-16-14(18)10-13-8-6-12(3)7-9-13/h6-9H,4-5,10-11H2,1-3H3,(H,16,18). The fourth-order valence-corrected chi connectivity index (χ4v) is 1.82. The van der Waals surface area contributed by atoms with Crippen LogP contribution < -0.4 is 5.32 Å². The molecule has 0 saturated carbocycles. The number of benzene rings is 1. The summed E-state index contributed by atoms with van der Waals surface area (Å²) in [5.74, 6) is -0.161. The molecule has 0 atom stereocenters. The van der Waals surface area contributed by atoms with Crippen molar-refractivity contribution in [3.8, 4) is 0 Å². The molecule has 1 rings (SSSR count). The minimum atomic E-state index is -0.121. The van der Waals surface area contributed by atoms with E-state index in [-0.39, 0.29) is 18.4 Å². The van der Waals surface area contributed by atoms with Gasteiger partial charge in [0, 0.05) is 13.1 Å². The molecule has 104 valence electrons. The number of amides is 2. The number of nitrogens with one attached hydrogen (secondary N) is 1. The van der Waals surface area contributed by atoms with Crippen LogP contribution in [0, 0.1) is 6.92 Å². The van der Waals surface area contributed by atoms with Gasteiger partial charge in [0.1, 0.15) is 0 Å². The number of carbonyl (C=O) groups excluding carboxylic acids is 2. The summed E-state index contributed by atoms with van der Waals surface area (Å²) in [5.41, 5.74) is 2.12. The molecule has 0 bridgehead atoms. The van der Waals surface area contributed by atoms with Gasteiger partial charge in [-0.15, -0.1) is 0 Å². The van der Waals surface area contributed by atoms with Crippen molar-refractivity contribution < 1.29 is 9.59 Å². The molecule has 1 aromatic rings. The van der Waals surface area contributed by atoms with E-state index in [0.717, 1.165) is 5.56 Å². The van der Waals surface area contributed by atoms with Gasteiger partial charge < -0.3 is 10.2 Å². The Bertz CT molecular complexity index is 422. The van der Waals surface area contributed by atoms with Gasteiger partial charge in [-0.25, -0.2) is 0 Å². The third-order valence-electron chi connectivity index (χ3n) is 3.04. The number of hydrogen-bond donors (Lipinski definition) is 1. The van der Waals surface area contributed by atoms with Gasteiger partial charge in [0.05, 0.1) is 13.0 Å². The van der Waals surface area contributed by atoms with Crippen LogP contribution in [0.4, 0.5) is 0 Å². The van der Waals surface area contributed by atoms with Crippen LogP contribution >= 0.6 is 0 Å². The molecule has 0 radical (unpaired) electrons. The van der Waals surface area contributed by atoms with Crippen molar-refractivity contribution in [3.63, 3.8) is 0 Å². The zero-order chi connectivity index (χ0) is 14.3. The quantitative estimate of drug-likeness (QED) is 0.845. The molecule has 0 aliphatic heterocycles. The first-order valence-electron chi connectivity index (χ1n) is 6.66. The van der Waals surface area contributed by atoms with Gasteiger partial charge in [-0.1, -0.05) is 29.8 Å². The minimum Gasteiger partial charge on any atom is -0.347 e. The summed E-state index contributed by atoms with van der Waals surface area (Å²) >= 11 is 0. The topological polar surface area (TPSA) is 49.4 Å². The summed E-state index contributed by atoms with van der Waals surface area (Å²) in [5, 5.41) is 2.66. The fourth-order valence-electron chi connectivity index (χ4n) is 1.82. The van der Waals surface area contributed by atoms with Crippen LogP contribution in [0.25, 0.3) is 0 Å². The average Bonchev–Trinajstić information content (AvgIpc) is 2.40. The van der Waals surface area contributed by atoms with E-state index in [1.807, 2.05) is 45.0 Å². The Morgan fingerprint density at radius 3 is 2.21 bits per heavy atom. The summed E-state index contributed by atoms with van der Waals surface area (Å²) in [6, 6.07) is 7.82. The second kappa shape index (κ2) is 7.56. The zero-order valence-corrected chi connectivity index (χ0v) is 11.9. The number of hydrogen-bond acceptors (Lipinski definition) is 2. The maximum absolute atomic E-state index is 11.7. The smallest absolute Gasteiger partial charge is 0.241 e. The minimum absolute atomic E-state index is 0.0396. The molecule has 0 saturated heterocycles. The van der Waals surface area contributed by atoms with Crippen molar-refractivity contribution in [2.75, 3.05) is 19.6 Å². The number of carbonyl (C=O) groups is 2. The van der Waals surface area contributed by atoms with Crippen molar-refractivity contribution in [1.29, 1.82) is 0 Å². The van der Waals surface area contributed by atoms with E-state index < -0.39 is 0 Å². The Labute approximate surface area is 114 Å². The van der Waals surface area contributed by atoms with Crippen LogP contribution in [0.2, 0.25) is 0 Å².